The fourth-order valence-corrected chi connectivity index (χ4v) is 6.25. The fraction of sp³-hybridized carbons (Fsp3) is 0.429. The van der Waals surface area contributed by atoms with Crippen molar-refractivity contribution in [1.82, 2.24) is 0 Å². The van der Waals surface area contributed by atoms with Gasteiger partial charge in [0.2, 0.25) is 0 Å². The Labute approximate surface area is 192 Å². The van der Waals surface area contributed by atoms with Gasteiger partial charge in [-0.15, -0.1) is 11.3 Å². The minimum absolute atomic E-state index is 0.254. The molecule has 0 spiro atoms. The normalized spacial score (nSPS) is 19.4. The van der Waals surface area contributed by atoms with Crippen LogP contribution in [0.1, 0.15) is 64.4 Å². The number of hydrogen-bond acceptors (Lipinski definition) is 2. The van der Waals surface area contributed by atoms with Crippen LogP contribution in [0, 0.1) is 23.5 Å². The van der Waals surface area contributed by atoms with E-state index in [1.54, 1.807) is 6.07 Å². The number of hydrogen-bond donors (Lipinski definition) is 0. The monoisotopic (exact) mass is 452 g/mol. The van der Waals surface area contributed by atoms with Crippen molar-refractivity contribution in [2.75, 3.05) is 6.61 Å². The molecule has 0 N–H and O–H groups in total. The Kier molecular flexibility index (Phi) is 5.83. The molecule has 1 aromatic heterocycles. The molecule has 4 aromatic rings. The smallest absolute Gasteiger partial charge is 0.182 e. The second-order valence-electron chi connectivity index (χ2n) is 9.66. The van der Waals surface area contributed by atoms with Crippen LogP contribution in [0.25, 0.3) is 30.9 Å². The van der Waals surface area contributed by atoms with E-state index in [1.165, 1.54) is 30.6 Å². The average Bonchev–Trinajstić information content (AvgIpc) is 3.18. The van der Waals surface area contributed by atoms with Gasteiger partial charge >= 0.3 is 0 Å². The van der Waals surface area contributed by atoms with Crippen molar-refractivity contribution in [3.63, 3.8) is 0 Å². The van der Waals surface area contributed by atoms with Crippen LogP contribution in [0.5, 0.6) is 5.75 Å². The number of halogens is 2. The van der Waals surface area contributed by atoms with Crippen LogP contribution in [-0.4, -0.2) is 6.61 Å². The number of benzene rings is 3. The third-order valence-corrected chi connectivity index (χ3v) is 8.50. The van der Waals surface area contributed by atoms with E-state index in [9.17, 15) is 0 Å². The van der Waals surface area contributed by atoms with Gasteiger partial charge in [-0.2, -0.15) is 0 Å². The Morgan fingerprint density at radius 1 is 0.875 bits per heavy atom. The lowest BCUT2D eigenvalue weighted by Gasteiger charge is -2.27. The molecule has 1 saturated carbocycles. The third-order valence-electron chi connectivity index (χ3n) is 7.30. The molecular formula is C28H30F2OS. The molecule has 4 heteroatoms. The molecule has 0 amide bonds. The van der Waals surface area contributed by atoms with Gasteiger partial charge in [0.25, 0.3) is 0 Å². The first-order valence-corrected chi connectivity index (χ1v) is 12.7. The second-order valence-corrected chi connectivity index (χ2v) is 10.7. The fourth-order valence-electron chi connectivity index (χ4n) is 5.09. The highest BCUT2D eigenvalue weighted by atomic mass is 32.1. The first-order valence-electron chi connectivity index (χ1n) is 11.9. The highest BCUT2D eigenvalue weighted by Crippen LogP contribution is 2.42. The van der Waals surface area contributed by atoms with Crippen LogP contribution >= 0.6 is 11.3 Å². The number of rotatable bonds is 5. The predicted molar refractivity (Wildman–Crippen MR) is 132 cm³/mol. The van der Waals surface area contributed by atoms with Crippen LogP contribution in [-0.2, 0) is 0 Å². The molecule has 1 fully saturated rings. The topological polar surface area (TPSA) is 9.23 Å². The van der Waals surface area contributed by atoms with Crippen LogP contribution in [0.3, 0.4) is 0 Å². The van der Waals surface area contributed by atoms with Gasteiger partial charge in [0.15, 0.2) is 11.6 Å². The Bertz CT molecular complexity index is 1280. The first-order chi connectivity index (χ1) is 15.5. The third kappa shape index (κ3) is 3.77. The molecule has 168 valence electrons. The summed E-state index contributed by atoms with van der Waals surface area (Å²) < 4.78 is 37.8. The Hall–Kier alpha value is -2.20. The Morgan fingerprint density at radius 3 is 2.31 bits per heavy atom. The minimum atomic E-state index is -0.364. The zero-order valence-electron chi connectivity index (χ0n) is 19.0. The number of ether oxygens (including phenoxy) is 1. The molecule has 32 heavy (non-hydrogen) atoms. The molecule has 0 saturated heterocycles. The van der Waals surface area contributed by atoms with E-state index >= 15 is 8.78 Å². The van der Waals surface area contributed by atoms with Crippen LogP contribution in [0.15, 0.2) is 36.4 Å². The highest BCUT2D eigenvalue weighted by molar-refractivity contribution is 7.26. The van der Waals surface area contributed by atoms with Gasteiger partial charge in [-0.05, 0) is 65.8 Å². The Balaban J connectivity index is 1.49. The molecule has 0 unspecified atom stereocenters. The quantitative estimate of drug-likeness (QED) is 0.293. The van der Waals surface area contributed by atoms with Gasteiger partial charge in [-0.1, -0.05) is 52.2 Å². The van der Waals surface area contributed by atoms with Crippen LogP contribution in [0.4, 0.5) is 8.78 Å². The molecule has 5 rings (SSSR count). The van der Waals surface area contributed by atoms with Crippen molar-refractivity contribution in [2.24, 2.45) is 11.8 Å². The summed E-state index contributed by atoms with van der Waals surface area (Å²) in [6.07, 6.45) is 6.04. The molecule has 0 atom stereocenters. The molecular weight excluding hydrogens is 422 g/mol. The summed E-state index contributed by atoms with van der Waals surface area (Å²) in [4.78, 5) is 0. The van der Waals surface area contributed by atoms with E-state index in [2.05, 4.69) is 20.8 Å². The van der Waals surface area contributed by atoms with Crippen LogP contribution < -0.4 is 4.74 Å². The summed E-state index contributed by atoms with van der Waals surface area (Å²) in [5.41, 5.74) is 1.10. The maximum Gasteiger partial charge on any atom is 0.182 e. The molecule has 1 aliphatic rings. The summed E-state index contributed by atoms with van der Waals surface area (Å²) in [6.45, 7) is 7.01. The Morgan fingerprint density at radius 2 is 1.59 bits per heavy atom. The van der Waals surface area contributed by atoms with E-state index in [-0.39, 0.29) is 17.4 Å². The number of fused-ring (bicyclic) bond motifs is 4. The van der Waals surface area contributed by atoms with Crippen LogP contribution in [0.2, 0.25) is 0 Å². The van der Waals surface area contributed by atoms with Gasteiger partial charge in [0, 0.05) is 16.2 Å². The number of thiophene rings is 1. The summed E-state index contributed by atoms with van der Waals surface area (Å²) in [6, 6.07) is 11.5. The van der Waals surface area contributed by atoms with Gasteiger partial charge in [-0.25, -0.2) is 8.78 Å². The lowest BCUT2D eigenvalue weighted by atomic mass is 9.81. The van der Waals surface area contributed by atoms with E-state index in [4.69, 9.17) is 4.74 Å². The first kappa shape index (κ1) is 21.6. The SMILES string of the molecule is CCC1CCC(COc2ccc3c(sc4c(F)c5cc(C(C)C)ccc5cc43)c2F)CC1. The minimum Gasteiger partial charge on any atom is -0.490 e. The molecule has 0 radical (unpaired) electrons. The summed E-state index contributed by atoms with van der Waals surface area (Å²) in [5.74, 6) is 1.32. The lowest BCUT2D eigenvalue weighted by Crippen LogP contribution is -2.20. The largest absolute Gasteiger partial charge is 0.490 e. The molecule has 1 nitrogen and oxygen atoms in total. The lowest BCUT2D eigenvalue weighted by molar-refractivity contribution is 0.177. The van der Waals surface area contributed by atoms with Gasteiger partial charge in [0.1, 0.15) is 5.82 Å². The standard InChI is InChI=1S/C28H30F2OS/c1-4-17-5-7-18(8-6-17)15-31-24-12-11-21-23-14-20-10-9-19(16(2)3)13-22(20)25(29)28(23)32-27(21)26(24)30/h9-14,16-18H,4-8,15H2,1-3H3. The van der Waals surface area contributed by atoms with E-state index in [0.717, 1.165) is 40.5 Å². The maximum atomic E-state index is 15.5. The van der Waals surface area contributed by atoms with Gasteiger partial charge in [-0.3, -0.25) is 0 Å². The van der Waals surface area contributed by atoms with Crippen molar-refractivity contribution in [3.8, 4) is 5.75 Å². The van der Waals surface area contributed by atoms with Crippen molar-refractivity contribution >= 4 is 42.3 Å². The van der Waals surface area contributed by atoms with E-state index in [0.29, 0.717) is 33.2 Å². The maximum absolute atomic E-state index is 15.5. The summed E-state index contributed by atoms with van der Waals surface area (Å²) >= 11 is 1.19. The molecule has 1 heterocycles. The van der Waals surface area contributed by atoms with Crippen molar-refractivity contribution in [3.05, 3.63) is 53.6 Å². The molecule has 0 aliphatic heterocycles. The second kappa shape index (κ2) is 8.62. The van der Waals surface area contributed by atoms with Crippen molar-refractivity contribution < 1.29 is 13.5 Å². The van der Waals surface area contributed by atoms with Gasteiger partial charge < -0.3 is 4.74 Å². The summed E-state index contributed by atoms with van der Waals surface area (Å²) in [7, 11) is 0. The molecule has 0 bridgehead atoms. The molecule has 3 aromatic carbocycles. The van der Waals surface area contributed by atoms with Crippen molar-refractivity contribution in [1.29, 1.82) is 0 Å². The molecule has 1 aliphatic carbocycles. The van der Waals surface area contributed by atoms with Gasteiger partial charge in [0.05, 0.1) is 16.0 Å². The zero-order chi connectivity index (χ0) is 22.4. The highest BCUT2D eigenvalue weighted by Gasteiger charge is 2.22. The van der Waals surface area contributed by atoms with E-state index < -0.39 is 0 Å². The predicted octanol–water partition coefficient (Wildman–Crippen LogP) is 9.20. The van der Waals surface area contributed by atoms with Crippen molar-refractivity contribution in [2.45, 2.75) is 58.8 Å². The summed E-state index contributed by atoms with van der Waals surface area (Å²) in [5, 5.41) is 2.99. The zero-order valence-corrected chi connectivity index (χ0v) is 19.8. The average molecular weight is 453 g/mol. The van der Waals surface area contributed by atoms with E-state index in [1.807, 2.05) is 30.3 Å².